The first-order valence-electron chi connectivity index (χ1n) is 8.34. The first-order chi connectivity index (χ1) is 12.9. The molecule has 0 radical (unpaired) electrons. The molecular weight excluding hydrogens is 456 g/mol. The average Bonchev–Trinajstić information content (AvgIpc) is 3.18. The van der Waals surface area contributed by atoms with Crippen molar-refractivity contribution in [1.82, 2.24) is 4.31 Å². The molecule has 0 saturated carbocycles. The zero-order valence-corrected chi connectivity index (χ0v) is 17.5. The van der Waals surface area contributed by atoms with E-state index in [0.29, 0.717) is 23.8 Å². The van der Waals surface area contributed by atoms with E-state index in [9.17, 15) is 13.2 Å². The molecule has 1 heterocycles. The van der Waals surface area contributed by atoms with Crippen LogP contribution in [-0.2, 0) is 14.8 Å². The van der Waals surface area contributed by atoms with Crippen LogP contribution in [0.4, 0.5) is 5.69 Å². The molecule has 0 aromatic heterocycles. The van der Waals surface area contributed by atoms with E-state index in [1.54, 1.807) is 24.3 Å². The number of nitrogens with one attached hydrogen (secondary N) is 1. The Labute approximate surface area is 171 Å². The Morgan fingerprint density at radius 3 is 2.48 bits per heavy atom. The number of hydrogen-bond acceptors (Lipinski definition) is 4. The van der Waals surface area contributed by atoms with Gasteiger partial charge in [0.05, 0.1) is 0 Å². The number of rotatable bonds is 6. The summed E-state index contributed by atoms with van der Waals surface area (Å²) in [4.78, 5) is 12.1. The van der Waals surface area contributed by atoms with E-state index in [0.717, 1.165) is 17.3 Å². The topological polar surface area (TPSA) is 75.7 Å². The van der Waals surface area contributed by atoms with Gasteiger partial charge in [-0.2, -0.15) is 4.31 Å². The highest BCUT2D eigenvalue weighted by Gasteiger charge is 2.30. The second-order valence-corrected chi connectivity index (χ2v) is 9.30. The van der Waals surface area contributed by atoms with Crippen molar-refractivity contribution in [2.45, 2.75) is 17.7 Å². The Morgan fingerprint density at radius 2 is 1.81 bits per heavy atom. The van der Waals surface area contributed by atoms with Gasteiger partial charge in [-0.1, -0.05) is 27.5 Å². The van der Waals surface area contributed by atoms with Gasteiger partial charge in [0.25, 0.3) is 5.91 Å². The van der Waals surface area contributed by atoms with Crippen LogP contribution in [0.5, 0.6) is 5.75 Å². The normalized spacial score (nSPS) is 14.9. The van der Waals surface area contributed by atoms with E-state index in [-0.39, 0.29) is 17.3 Å². The fourth-order valence-corrected chi connectivity index (χ4v) is 4.92. The van der Waals surface area contributed by atoms with Crippen molar-refractivity contribution in [3.05, 3.63) is 52.0 Å². The van der Waals surface area contributed by atoms with Gasteiger partial charge in [0, 0.05) is 28.3 Å². The maximum Gasteiger partial charge on any atom is 0.262 e. The van der Waals surface area contributed by atoms with Gasteiger partial charge in [-0.3, -0.25) is 4.79 Å². The number of benzene rings is 2. The molecule has 0 spiro atoms. The van der Waals surface area contributed by atoms with Crippen LogP contribution in [0.2, 0.25) is 5.02 Å². The van der Waals surface area contributed by atoms with Gasteiger partial charge in [-0.15, -0.1) is 0 Å². The second kappa shape index (κ2) is 8.60. The summed E-state index contributed by atoms with van der Waals surface area (Å²) in [7, 11) is -3.72. The zero-order chi connectivity index (χ0) is 19.4. The third-order valence-electron chi connectivity index (χ3n) is 4.08. The molecule has 2 aromatic carbocycles. The fourth-order valence-electron chi connectivity index (χ4n) is 2.74. The highest BCUT2D eigenvalue weighted by molar-refractivity contribution is 9.10. The minimum Gasteiger partial charge on any atom is -0.482 e. The van der Waals surface area contributed by atoms with Crippen LogP contribution < -0.4 is 10.1 Å². The largest absolute Gasteiger partial charge is 0.482 e. The fraction of sp³-hybridized carbons (Fsp3) is 0.278. The molecule has 27 heavy (non-hydrogen) atoms. The molecule has 1 aliphatic heterocycles. The monoisotopic (exact) mass is 472 g/mol. The molecule has 0 atom stereocenters. The minimum absolute atomic E-state index is 0.0201. The Kier molecular flexibility index (Phi) is 6.41. The van der Waals surface area contributed by atoms with Crippen molar-refractivity contribution in [1.29, 1.82) is 0 Å². The predicted octanol–water partition coefficient (Wildman–Crippen LogP) is 3.90. The van der Waals surface area contributed by atoms with Gasteiger partial charge in [0.1, 0.15) is 10.6 Å². The van der Waals surface area contributed by atoms with Gasteiger partial charge < -0.3 is 10.1 Å². The predicted molar refractivity (Wildman–Crippen MR) is 108 cm³/mol. The van der Waals surface area contributed by atoms with Crippen molar-refractivity contribution in [2.24, 2.45) is 0 Å². The van der Waals surface area contributed by atoms with Crippen molar-refractivity contribution >= 4 is 49.1 Å². The summed E-state index contributed by atoms with van der Waals surface area (Å²) >= 11 is 9.31. The SMILES string of the molecule is O=C(COc1ccc(Cl)cc1S(=O)(=O)N1CCCC1)Nc1ccc(Br)cc1. The molecule has 9 heteroatoms. The highest BCUT2D eigenvalue weighted by Crippen LogP contribution is 2.31. The lowest BCUT2D eigenvalue weighted by atomic mass is 10.3. The van der Waals surface area contributed by atoms with Crippen molar-refractivity contribution < 1.29 is 17.9 Å². The van der Waals surface area contributed by atoms with Crippen LogP contribution in [0.3, 0.4) is 0 Å². The maximum absolute atomic E-state index is 12.9. The lowest BCUT2D eigenvalue weighted by Crippen LogP contribution is -2.28. The second-order valence-electron chi connectivity index (χ2n) is 6.05. The van der Waals surface area contributed by atoms with Crippen molar-refractivity contribution in [3.63, 3.8) is 0 Å². The molecule has 144 valence electrons. The molecule has 6 nitrogen and oxygen atoms in total. The molecule has 2 aromatic rings. The van der Waals surface area contributed by atoms with E-state index in [1.807, 2.05) is 0 Å². The van der Waals surface area contributed by atoms with Gasteiger partial charge in [-0.25, -0.2) is 8.42 Å². The van der Waals surface area contributed by atoms with Gasteiger partial charge in [-0.05, 0) is 55.3 Å². The van der Waals surface area contributed by atoms with Crippen LogP contribution in [0.1, 0.15) is 12.8 Å². The molecule has 1 N–H and O–H groups in total. The van der Waals surface area contributed by atoms with Crippen molar-refractivity contribution in [3.8, 4) is 5.75 Å². The number of sulfonamides is 1. The number of hydrogen-bond donors (Lipinski definition) is 1. The molecular formula is C18H18BrClN2O4S. The number of anilines is 1. The average molecular weight is 474 g/mol. The summed E-state index contributed by atoms with van der Waals surface area (Å²) in [5.41, 5.74) is 0.618. The molecule has 1 aliphatic rings. The number of nitrogens with zero attached hydrogens (tertiary/aromatic N) is 1. The number of amides is 1. The quantitative estimate of drug-likeness (QED) is 0.690. The number of carbonyl (C=O) groups is 1. The lowest BCUT2D eigenvalue weighted by molar-refractivity contribution is -0.118. The Balaban J connectivity index is 1.73. The van der Waals surface area contributed by atoms with Crippen LogP contribution in [0, 0.1) is 0 Å². The first-order valence-corrected chi connectivity index (χ1v) is 11.0. The lowest BCUT2D eigenvalue weighted by Gasteiger charge is -2.18. The van der Waals surface area contributed by atoms with E-state index in [4.69, 9.17) is 16.3 Å². The first kappa shape index (κ1) is 20.1. The van der Waals surface area contributed by atoms with Gasteiger partial charge in [0.2, 0.25) is 10.0 Å². The van der Waals surface area contributed by atoms with Crippen molar-refractivity contribution in [2.75, 3.05) is 25.0 Å². The molecule has 1 amide bonds. The smallest absolute Gasteiger partial charge is 0.262 e. The number of ether oxygens (including phenoxy) is 1. The van der Waals surface area contributed by atoms with E-state index in [2.05, 4.69) is 21.2 Å². The van der Waals surface area contributed by atoms with Crippen LogP contribution in [-0.4, -0.2) is 38.3 Å². The third-order valence-corrected chi connectivity index (χ3v) is 6.76. The maximum atomic E-state index is 12.9. The minimum atomic E-state index is -3.72. The highest BCUT2D eigenvalue weighted by atomic mass is 79.9. The summed E-state index contributed by atoms with van der Waals surface area (Å²) in [6.45, 7) is 0.622. The number of carbonyl (C=O) groups excluding carboxylic acids is 1. The molecule has 0 aliphatic carbocycles. The summed E-state index contributed by atoms with van der Waals surface area (Å²) in [6, 6.07) is 11.5. The molecule has 0 bridgehead atoms. The summed E-state index contributed by atoms with van der Waals surface area (Å²) < 4.78 is 33.5. The molecule has 1 fully saturated rings. The molecule has 0 unspecified atom stereocenters. The van der Waals surface area contributed by atoms with Gasteiger partial charge >= 0.3 is 0 Å². The van der Waals surface area contributed by atoms with E-state index >= 15 is 0 Å². The zero-order valence-electron chi connectivity index (χ0n) is 14.3. The summed E-state index contributed by atoms with van der Waals surface area (Å²) in [5, 5.41) is 2.98. The standard InChI is InChI=1S/C18H18BrClN2O4S/c19-13-3-6-15(7-4-13)21-18(23)12-26-16-8-5-14(20)11-17(16)27(24,25)22-9-1-2-10-22/h3-8,11H,1-2,9-10,12H2,(H,21,23). The van der Waals surface area contributed by atoms with E-state index in [1.165, 1.54) is 22.5 Å². The summed E-state index contributed by atoms with van der Waals surface area (Å²) in [5.74, 6) is -0.283. The number of halogens is 2. The van der Waals surface area contributed by atoms with Gasteiger partial charge in [0.15, 0.2) is 6.61 Å². The Bertz CT molecular complexity index is 929. The molecule has 3 rings (SSSR count). The Morgan fingerprint density at radius 1 is 1.15 bits per heavy atom. The van der Waals surface area contributed by atoms with Crippen LogP contribution >= 0.6 is 27.5 Å². The Hall–Kier alpha value is -1.61. The van der Waals surface area contributed by atoms with E-state index < -0.39 is 15.9 Å². The van der Waals surface area contributed by atoms with Crippen LogP contribution in [0.15, 0.2) is 51.8 Å². The molecule has 1 saturated heterocycles. The summed E-state index contributed by atoms with van der Waals surface area (Å²) in [6.07, 6.45) is 1.65. The van der Waals surface area contributed by atoms with Crippen LogP contribution in [0.25, 0.3) is 0 Å². The third kappa shape index (κ3) is 5.01.